The normalized spacial score (nSPS) is 12.6. The topological polar surface area (TPSA) is 26.3 Å². The molecule has 0 bridgehead atoms. The number of halogens is 3. The van der Waals surface area contributed by atoms with E-state index in [2.05, 4.69) is 0 Å². The Bertz CT molecular complexity index is 407. The molecule has 94 valence electrons. The molecular weight excluding hydrogens is 233 g/mol. The summed E-state index contributed by atoms with van der Waals surface area (Å²) in [4.78, 5) is 11.5. The molecule has 0 aliphatic rings. The molecule has 5 heteroatoms. The molecule has 0 aliphatic carbocycles. The fourth-order valence-corrected chi connectivity index (χ4v) is 1.05. The standard InChI is InChI=1S/C12H13F3O2/c1-6(2)7(3)17-12(16)8-4-9(13)11(15)10(14)5-8/h4-7H,1-3H3. The first-order chi connectivity index (χ1) is 7.82. The molecule has 0 aromatic heterocycles. The highest BCUT2D eigenvalue weighted by Gasteiger charge is 2.19. The molecule has 1 aromatic rings. The molecule has 0 saturated heterocycles. The lowest BCUT2D eigenvalue weighted by atomic mass is 10.1. The number of carbonyl (C=O) groups is 1. The highest BCUT2D eigenvalue weighted by molar-refractivity contribution is 5.89. The smallest absolute Gasteiger partial charge is 0.338 e. The van der Waals surface area contributed by atoms with E-state index in [0.717, 1.165) is 0 Å². The van der Waals surface area contributed by atoms with Crippen molar-refractivity contribution in [2.75, 3.05) is 0 Å². The monoisotopic (exact) mass is 246 g/mol. The lowest BCUT2D eigenvalue weighted by molar-refractivity contribution is 0.0236. The quantitative estimate of drug-likeness (QED) is 0.604. The molecule has 1 atom stereocenters. The Morgan fingerprint density at radius 2 is 1.59 bits per heavy atom. The van der Waals surface area contributed by atoms with Crippen molar-refractivity contribution in [1.29, 1.82) is 0 Å². The lowest BCUT2D eigenvalue weighted by Gasteiger charge is -2.16. The van der Waals surface area contributed by atoms with E-state index in [-0.39, 0.29) is 11.5 Å². The summed E-state index contributed by atoms with van der Waals surface area (Å²) < 4.78 is 43.4. The second kappa shape index (κ2) is 5.21. The van der Waals surface area contributed by atoms with Gasteiger partial charge in [-0.25, -0.2) is 18.0 Å². The van der Waals surface area contributed by atoms with Gasteiger partial charge in [-0.05, 0) is 25.0 Å². The molecule has 0 saturated carbocycles. The van der Waals surface area contributed by atoms with Crippen LogP contribution in [0.2, 0.25) is 0 Å². The fourth-order valence-electron chi connectivity index (χ4n) is 1.05. The molecule has 2 nitrogen and oxygen atoms in total. The van der Waals surface area contributed by atoms with Crippen LogP contribution >= 0.6 is 0 Å². The van der Waals surface area contributed by atoms with Crippen molar-refractivity contribution in [3.63, 3.8) is 0 Å². The summed E-state index contributed by atoms with van der Waals surface area (Å²) in [7, 11) is 0. The predicted molar refractivity (Wildman–Crippen MR) is 56.0 cm³/mol. The maximum absolute atomic E-state index is 12.9. The van der Waals surface area contributed by atoms with Gasteiger partial charge in [-0.1, -0.05) is 13.8 Å². The van der Waals surface area contributed by atoms with E-state index in [9.17, 15) is 18.0 Å². The van der Waals surface area contributed by atoms with Gasteiger partial charge in [-0.3, -0.25) is 0 Å². The van der Waals surface area contributed by atoms with E-state index in [1.54, 1.807) is 6.92 Å². The Morgan fingerprint density at radius 3 is 2.00 bits per heavy atom. The van der Waals surface area contributed by atoms with Gasteiger partial charge in [0.2, 0.25) is 0 Å². The van der Waals surface area contributed by atoms with Gasteiger partial charge in [0.05, 0.1) is 5.56 Å². The number of benzene rings is 1. The van der Waals surface area contributed by atoms with Crippen molar-refractivity contribution in [2.45, 2.75) is 26.9 Å². The first-order valence-corrected chi connectivity index (χ1v) is 5.18. The van der Waals surface area contributed by atoms with Crippen molar-refractivity contribution in [3.8, 4) is 0 Å². The van der Waals surface area contributed by atoms with Gasteiger partial charge in [0, 0.05) is 0 Å². The summed E-state index contributed by atoms with van der Waals surface area (Å²) in [6, 6.07) is 1.24. The highest BCUT2D eigenvalue weighted by atomic mass is 19.2. The first kappa shape index (κ1) is 13.5. The molecule has 0 spiro atoms. The zero-order valence-corrected chi connectivity index (χ0v) is 9.76. The molecule has 17 heavy (non-hydrogen) atoms. The molecule has 0 amide bonds. The second-order valence-corrected chi connectivity index (χ2v) is 4.11. The molecule has 0 fully saturated rings. The summed E-state index contributed by atoms with van der Waals surface area (Å²) in [5.74, 6) is -5.21. The summed E-state index contributed by atoms with van der Waals surface area (Å²) in [6.07, 6.45) is -0.390. The average molecular weight is 246 g/mol. The summed E-state index contributed by atoms with van der Waals surface area (Å²) in [6.45, 7) is 5.34. The molecule has 1 rings (SSSR count). The third kappa shape index (κ3) is 3.22. The van der Waals surface area contributed by atoms with Crippen LogP contribution in [0.1, 0.15) is 31.1 Å². The first-order valence-electron chi connectivity index (χ1n) is 5.18. The van der Waals surface area contributed by atoms with Gasteiger partial charge in [-0.15, -0.1) is 0 Å². The highest BCUT2D eigenvalue weighted by Crippen LogP contribution is 2.16. The Hall–Kier alpha value is -1.52. The minimum atomic E-state index is -1.60. The predicted octanol–water partition coefficient (Wildman–Crippen LogP) is 3.31. The van der Waals surface area contributed by atoms with Crippen LogP contribution in [0.25, 0.3) is 0 Å². The summed E-state index contributed by atoms with van der Waals surface area (Å²) in [5, 5.41) is 0. The van der Waals surface area contributed by atoms with Crippen molar-refractivity contribution < 1.29 is 22.7 Å². The maximum Gasteiger partial charge on any atom is 0.338 e. The van der Waals surface area contributed by atoms with Gasteiger partial charge in [-0.2, -0.15) is 0 Å². The van der Waals surface area contributed by atoms with E-state index in [1.807, 2.05) is 13.8 Å². The summed E-state index contributed by atoms with van der Waals surface area (Å²) in [5.41, 5.74) is -0.339. The molecular formula is C12H13F3O2. The lowest BCUT2D eigenvalue weighted by Crippen LogP contribution is -2.20. The maximum atomic E-state index is 12.9. The van der Waals surface area contributed by atoms with Crippen LogP contribution in [-0.2, 0) is 4.74 Å². The van der Waals surface area contributed by atoms with Gasteiger partial charge in [0.15, 0.2) is 17.5 Å². The van der Waals surface area contributed by atoms with Crippen LogP contribution in [0.4, 0.5) is 13.2 Å². The Morgan fingerprint density at radius 1 is 1.12 bits per heavy atom. The van der Waals surface area contributed by atoms with Crippen molar-refractivity contribution in [2.24, 2.45) is 5.92 Å². The SMILES string of the molecule is CC(C)C(C)OC(=O)c1cc(F)c(F)c(F)c1. The number of hydrogen-bond acceptors (Lipinski definition) is 2. The molecule has 1 unspecified atom stereocenters. The number of hydrogen-bond donors (Lipinski definition) is 0. The largest absolute Gasteiger partial charge is 0.459 e. The van der Waals surface area contributed by atoms with Gasteiger partial charge in [0.1, 0.15) is 6.10 Å². The van der Waals surface area contributed by atoms with Gasteiger partial charge < -0.3 is 4.74 Å². The Labute approximate surface area is 97.4 Å². The average Bonchev–Trinajstić information content (AvgIpc) is 2.24. The van der Waals surface area contributed by atoms with Crippen LogP contribution in [0.15, 0.2) is 12.1 Å². The van der Waals surface area contributed by atoms with Crippen LogP contribution in [0.3, 0.4) is 0 Å². The van der Waals surface area contributed by atoms with Crippen LogP contribution in [0, 0.1) is 23.4 Å². The van der Waals surface area contributed by atoms with Crippen molar-refractivity contribution in [3.05, 3.63) is 35.1 Å². The summed E-state index contributed by atoms with van der Waals surface area (Å²) >= 11 is 0. The number of ether oxygens (including phenoxy) is 1. The molecule has 0 heterocycles. The van der Waals surface area contributed by atoms with E-state index in [0.29, 0.717) is 12.1 Å². The molecule has 0 radical (unpaired) electrons. The van der Waals surface area contributed by atoms with Crippen LogP contribution in [-0.4, -0.2) is 12.1 Å². The third-order valence-electron chi connectivity index (χ3n) is 2.45. The third-order valence-corrected chi connectivity index (χ3v) is 2.45. The fraction of sp³-hybridized carbons (Fsp3) is 0.417. The van der Waals surface area contributed by atoms with E-state index in [1.165, 1.54) is 0 Å². The molecule has 0 N–H and O–H groups in total. The van der Waals surface area contributed by atoms with Crippen molar-refractivity contribution >= 4 is 5.97 Å². The van der Waals surface area contributed by atoms with E-state index in [4.69, 9.17) is 4.74 Å². The van der Waals surface area contributed by atoms with Crippen LogP contribution < -0.4 is 0 Å². The number of carbonyl (C=O) groups excluding carboxylic acids is 1. The van der Waals surface area contributed by atoms with E-state index >= 15 is 0 Å². The molecule has 0 aliphatic heterocycles. The number of esters is 1. The van der Waals surface area contributed by atoms with Crippen molar-refractivity contribution in [1.82, 2.24) is 0 Å². The minimum Gasteiger partial charge on any atom is -0.459 e. The zero-order chi connectivity index (χ0) is 13.2. The minimum absolute atomic E-state index is 0.0779. The zero-order valence-electron chi connectivity index (χ0n) is 9.76. The second-order valence-electron chi connectivity index (χ2n) is 4.11. The van der Waals surface area contributed by atoms with E-state index < -0.39 is 29.5 Å². The Balaban J connectivity index is 2.90. The van der Waals surface area contributed by atoms with Gasteiger partial charge >= 0.3 is 5.97 Å². The molecule has 1 aromatic carbocycles. The Kier molecular flexibility index (Phi) is 4.15. The van der Waals surface area contributed by atoms with Crippen LogP contribution in [0.5, 0.6) is 0 Å². The number of rotatable bonds is 3. The van der Waals surface area contributed by atoms with Gasteiger partial charge in [0.25, 0.3) is 0 Å².